The molecule has 1 amide bonds. The first-order valence-electron chi connectivity index (χ1n) is 5.44. The van der Waals surface area contributed by atoms with E-state index in [4.69, 9.17) is 5.73 Å². The maximum atomic E-state index is 13.4. The summed E-state index contributed by atoms with van der Waals surface area (Å²) in [4.78, 5) is 23.0. The third kappa shape index (κ3) is 2.33. The lowest BCUT2D eigenvalue weighted by atomic mass is 10.1. The Bertz CT molecular complexity index is 512. The number of hydrogen-bond donors (Lipinski definition) is 2. The minimum absolute atomic E-state index is 0.225. The van der Waals surface area contributed by atoms with Crippen LogP contribution in [-0.2, 0) is 9.53 Å². The van der Waals surface area contributed by atoms with Gasteiger partial charge < -0.3 is 15.8 Å². The van der Waals surface area contributed by atoms with Crippen LogP contribution in [0.5, 0.6) is 0 Å². The van der Waals surface area contributed by atoms with E-state index in [2.05, 4.69) is 10.1 Å². The SMILES string of the molecule is COC(=O)c1cc(NC(=O)C2(N)CC2)ccc1F. The first-order valence-corrected chi connectivity index (χ1v) is 5.44. The lowest BCUT2D eigenvalue weighted by Crippen LogP contribution is -2.37. The van der Waals surface area contributed by atoms with Crippen molar-refractivity contribution < 1.29 is 18.7 Å². The van der Waals surface area contributed by atoms with E-state index in [9.17, 15) is 14.0 Å². The molecule has 0 spiro atoms. The smallest absolute Gasteiger partial charge is 0.340 e. The highest BCUT2D eigenvalue weighted by atomic mass is 19.1. The number of amides is 1. The van der Waals surface area contributed by atoms with Crippen molar-refractivity contribution in [1.82, 2.24) is 0 Å². The van der Waals surface area contributed by atoms with Crippen molar-refractivity contribution in [3.05, 3.63) is 29.6 Å². The molecule has 6 heteroatoms. The van der Waals surface area contributed by atoms with Crippen molar-refractivity contribution in [3.63, 3.8) is 0 Å². The summed E-state index contributed by atoms with van der Waals surface area (Å²) in [6, 6.07) is 3.69. The van der Waals surface area contributed by atoms with Gasteiger partial charge in [0.15, 0.2) is 0 Å². The number of ether oxygens (including phenoxy) is 1. The first kappa shape index (κ1) is 12.5. The molecule has 5 nitrogen and oxygen atoms in total. The molecule has 1 aliphatic carbocycles. The Balaban J connectivity index is 2.19. The van der Waals surface area contributed by atoms with E-state index in [1.165, 1.54) is 12.1 Å². The Hall–Kier alpha value is -1.95. The Kier molecular flexibility index (Phi) is 3.04. The van der Waals surface area contributed by atoms with Gasteiger partial charge in [0.25, 0.3) is 0 Å². The van der Waals surface area contributed by atoms with Gasteiger partial charge in [0.05, 0.1) is 18.2 Å². The predicted molar refractivity (Wildman–Crippen MR) is 62.5 cm³/mol. The minimum Gasteiger partial charge on any atom is -0.465 e. The van der Waals surface area contributed by atoms with Crippen LogP contribution in [0.4, 0.5) is 10.1 Å². The Morgan fingerprint density at radius 3 is 2.67 bits per heavy atom. The van der Waals surface area contributed by atoms with E-state index < -0.39 is 17.3 Å². The maximum Gasteiger partial charge on any atom is 0.340 e. The van der Waals surface area contributed by atoms with Crippen molar-refractivity contribution in [1.29, 1.82) is 0 Å². The summed E-state index contributed by atoms with van der Waals surface area (Å²) in [5, 5.41) is 2.55. The highest BCUT2D eigenvalue weighted by Gasteiger charge is 2.45. The molecule has 96 valence electrons. The van der Waals surface area contributed by atoms with Gasteiger partial charge in [-0.25, -0.2) is 9.18 Å². The van der Waals surface area contributed by atoms with Crippen molar-refractivity contribution >= 4 is 17.6 Å². The quantitative estimate of drug-likeness (QED) is 0.787. The van der Waals surface area contributed by atoms with E-state index in [0.717, 1.165) is 13.2 Å². The van der Waals surface area contributed by atoms with Crippen LogP contribution in [0.1, 0.15) is 23.2 Å². The second-order valence-corrected chi connectivity index (χ2v) is 4.30. The summed E-state index contributed by atoms with van der Waals surface area (Å²) < 4.78 is 17.8. The molecule has 0 radical (unpaired) electrons. The monoisotopic (exact) mass is 252 g/mol. The zero-order valence-electron chi connectivity index (χ0n) is 9.83. The molecule has 2 rings (SSSR count). The molecule has 0 bridgehead atoms. The average molecular weight is 252 g/mol. The van der Waals surface area contributed by atoms with Crippen molar-refractivity contribution in [2.75, 3.05) is 12.4 Å². The van der Waals surface area contributed by atoms with Gasteiger partial charge in [0.2, 0.25) is 5.91 Å². The Labute approximate surface area is 103 Å². The summed E-state index contributed by atoms with van der Waals surface area (Å²) in [7, 11) is 1.16. The van der Waals surface area contributed by atoms with Crippen LogP contribution in [0.2, 0.25) is 0 Å². The van der Waals surface area contributed by atoms with Gasteiger partial charge in [0, 0.05) is 5.69 Å². The lowest BCUT2D eigenvalue weighted by Gasteiger charge is -2.11. The van der Waals surface area contributed by atoms with Crippen LogP contribution >= 0.6 is 0 Å². The van der Waals surface area contributed by atoms with Gasteiger partial charge in [-0.05, 0) is 31.0 Å². The van der Waals surface area contributed by atoms with E-state index in [-0.39, 0.29) is 11.5 Å². The van der Waals surface area contributed by atoms with E-state index in [1.807, 2.05) is 0 Å². The molecule has 1 aliphatic rings. The largest absolute Gasteiger partial charge is 0.465 e. The third-order valence-electron chi connectivity index (χ3n) is 2.87. The third-order valence-corrected chi connectivity index (χ3v) is 2.87. The van der Waals surface area contributed by atoms with Crippen LogP contribution in [0.3, 0.4) is 0 Å². The number of nitrogens with two attached hydrogens (primary N) is 1. The van der Waals surface area contributed by atoms with Crippen molar-refractivity contribution in [3.8, 4) is 0 Å². The van der Waals surface area contributed by atoms with E-state index >= 15 is 0 Å². The normalized spacial score (nSPS) is 15.9. The van der Waals surface area contributed by atoms with Crippen LogP contribution in [0.25, 0.3) is 0 Å². The number of methoxy groups -OCH3 is 1. The van der Waals surface area contributed by atoms with Crippen molar-refractivity contribution in [2.24, 2.45) is 5.73 Å². The molecule has 1 saturated carbocycles. The first-order chi connectivity index (χ1) is 8.46. The number of carbonyl (C=O) groups is 2. The topological polar surface area (TPSA) is 81.4 Å². The number of esters is 1. The highest BCUT2D eigenvalue weighted by molar-refractivity contribution is 6.01. The van der Waals surface area contributed by atoms with Crippen LogP contribution < -0.4 is 11.1 Å². The van der Waals surface area contributed by atoms with Crippen LogP contribution in [0.15, 0.2) is 18.2 Å². The van der Waals surface area contributed by atoms with Crippen LogP contribution in [-0.4, -0.2) is 24.5 Å². The molecule has 0 heterocycles. The summed E-state index contributed by atoms with van der Waals surface area (Å²) in [6.45, 7) is 0. The summed E-state index contributed by atoms with van der Waals surface area (Å²) in [5.74, 6) is -1.82. The molecular weight excluding hydrogens is 239 g/mol. The standard InChI is InChI=1S/C12H13FN2O3/c1-18-10(16)8-6-7(2-3-9(8)13)15-11(17)12(14)4-5-12/h2-3,6H,4-5,14H2,1H3,(H,15,17). The molecule has 0 atom stereocenters. The Morgan fingerprint density at radius 2 is 2.11 bits per heavy atom. The van der Waals surface area contributed by atoms with E-state index in [1.54, 1.807) is 0 Å². The lowest BCUT2D eigenvalue weighted by molar-refractivity contribution is -0.118. The molecule has 1 aromatic rings. The van der Waals surface area contributed by atoms with Gasteiger partial charge in [0.1, 0.15) is 5.82 Å². The fraction of sp³-hybridized carbons (Fsp3) is 0.333. The molecule has 3 N–H and O–H groups in total. The summed E-state index contributed by atoms with van der Waals surface area (Å²) in [5.41, 5.74) is 4.99. The second kappa shape index (κ2) is 4.38. The molecule has 0 saturated heterocycles. The maximum absolute atomic E-state index is 13.4. The minimum atomic E-state index is -0.820. The zero-order chi connectivity index (χ0) is 13.3. The van der Waals surface area contributed by atoms with Gasteiger partial charge in [-0.15, -0.1) is 0 Å². The average Bonchev–Trinajstić information content (AvgIpc) is 3.10. The number of halogens is 1. The highest BCUT2D eigenvalue weighted by Crippen LogP contribution is 2.33. The molecular formula is C12H13FN2O3. The molecule has 1 fully saturated rings. The molecule has 1 aromatic carbocycles. The number of rotatable bonds is 3. The van der Waals surface area contributed by atoms with Gasteiger partial charge in [-0.2, -0.15) is 0 Å². The van der Waals surface area contributed by atoms with Crippen LogP contribution in [0, 0.1) is 5.82 Å². The fourth-order valence-electron chi connectivity index (χ4n) is 1.49. The van der Waals surface area contributed by atoms with Gasteiger partial charge >= 0.3 is 5.97 Å². The number of hydrogen-bond acceptors (Lipinski definition) is 4. The number of benzene rings is 1. The van der Waals surface area contributed by atoms with E-state index in [0.29, 0.717) is 18.5 Å². The summed E-state index contributed by atoms with van der Waals surface area (Å²) >= 11 is 0. The molecule has 0 aliphatic heterocycles. The molecule has 18 heavy (non-hydrogen) atoms. The molecule has 0 aromatic heterocycles. The van der Waals surface area contributed by atoms with Gasteiger partial charge in [-0.1, -0.05) is 0 Å². The van der Waals surface area contributed by atoms with Crippen molar-refractivity contribution in [2.45, 2.75) is 18.4 Å². The second-order valence-electron chi connectivity index (χ2n) is 4.30. The molecule has 0 unspecified atom stereocenters. The zero-order valence-corrected chi connectivity index (χ0v) is 9.83. The fourth-order valence-corrected chi connectivity index (χ4v) is 1.49. The summed E-state index contributed by atoms with van der Waals surface area (Å²) in [6.07, 6.45) is 1.26. The number of nitrogens with one attached hydrogen (secondary N) is 1. The van der Waals surface area contributed by atoms with Gasteiger partial charge in [-0.3, -0.25) is 4.79 Å². The predicted octanol–water partition coefficient (Wildman–Crippen LogP) is 1.04. The Morgan fingerprint density at radius 1 is 1.44 bits per heavy atom. The number of anilines is 1. The number of carbonyl (C=O) groups excluding carboxylic acids is 2.